The molecule has 0 amide bonds. The van der Waals surface area contributed by atoms with Crippen molar-refractivity contribution in [3.63, 3.8) is 0 Å². The maximum atomic E-state index is 10.9. The largest absolute Gasteiger partial charge is 0.478 e. The molecule has 1 fully saturated rings. The molecule has 1 N–H and O–H groups in total. The van der Waals surface area contributed by atoms with Crippen LogP contribution in [0.2, 0.25) is 0 Å². The molecule has 3 rings (SSSR count). The van der Waals surface area contributed by atoms with Crippen LogP contribution in [0.3, 0.4) is 0 Å². The van der Waals surface area contributed by atoms with Crippen LogP contribution in [0, 0.1) is 0 Å². The molecule has 0 aliphatic carbocycles. The number of anilines is 2. The molecule has 1 saturated heterocycles. The first-order valence-electron chi connectivity index (χ1n) is 7.69. The van der Waals surface area contributed by atoms with Crippen LogP contribution in [0.5, 0.6) is 0 Å². The number of carboxylic acid groups (broad SMARTS) is 1. The van der Waals surface area contributed by atoms with Gasteiger partial charge in [-0.2, -0.15) is 0 Å². The van der Waals surface area contributed by atoms with Gasteiger partial charge in [0.15, 0.2) is 5.13 Å². The van der Waals surface area contributed by atoms with E-state index >= 15 is 0 Å². The fraction of sp³-hybridized carbons (Fsp3) is 0.438. The van der Waals surface area contributed by atoms with Gasteiger partial charge >= 0.3 is 5.97 Å². The molecule has 122 valence electrons. The lowest BCUT2D eigenvalue weighted by Crippen LogP contribution is -2.46. The highest BCUT2D eigenvalue weighted by molar-refractivity contribution is 7.15. The predicted molar refractivity (Wildman–Crippen MR) is 91.8 cm³/mol. The van der Waals surface area contributed by atoms with E-state index < -0.39 is 5.97 Å². The number of aromatic nitrogens is 2. The second-order valence-corrected chi connectivity index (χ2v) is 6.92. The Bertz CT molecular complexity index is 676. The van der Waals surface area contributed by atoms with Crippen LogP contribution >= 0.6 is 11.3 Å². The van der Waals surface area contributed by atoms with Gasteiger partial charge in [0, 0.05) is 43.4 Å². The highest BCUT2D eigenvalue weighted by atomic mass is 32.1. The Kier molecular flexibility index (Phi) is 4.47. The molecule has 2 aromatic heterocycles. The minimum Gasteiger partial charge on any atom is -0.478 e. The van der Waals surface area contributed by atoms with Gasteiger partial charge in [-0.15, -0.1) is 11.3 Å². The van der Waals surface area contributed by atoms with E-state index in [-0.39, 0.29) is 5.56 Å². The second kappa shape index (κ2) is 6.54. The molecule has 0 aromatic carbocycles. The van der Waals surface area contributed by atoms with Crippen LogP contribution in [0.15, 0.2) is 24.5 Å². The standard InChI is InChI=1S/C16H20N4O2S/c1-11(2)13-10-18-16(23-13)20-7-5-19(6-8-20)14-4-3-12(9-17-14)15(21)22/h3-4,9-11H,5-8H2,1-2H3,(H,21,22). The van der Waals surface area contributed by atoms with Crippen LogP contribution in [-0.4, -0.2) is 47.2 Å². The fourth-order valence-corrected chi connectivity index (χ4v) is 3.49. The third-order valence-electron chi connectivity index (χ3n) is 3.95. The number of carbonyl (C=O) groups is 1. The van der Waals surface area contributed by atoms with Crippen LogP contribution < -0.4 is 9.80 Å². The molecule has 0 atom stereocenters. The first-order valence-corrected chi connectivity index (χ1v) is 8.51. The average molecular weight is 332 g/mol. The first-order chi connectivity index (χ1) is 11.0. The van der Waals surface area contributed by atoms with Crippen LogP contribution in [0.25, 0.3) is 0 Å². The lowest BCUT2D eigenvalue weighted by atomic mass is 10.2. The molecule has 6 nitrogen and oxygen atoms in total. The predicted octanol–water partition coefficient (Wildman–Crippen LogP) is 2.69. The monoisotopic (exact) mass is 332 g/mol. The van der Waals surface area contributed by atoms with E-state index in [1.165, 1.54) is 11.1 Å². The molecular formula is C16H20N4O2S. The van der Waals surface area contributed by atoms with Gasteiger partial charge in [-0.1, -0.05) is 13.8 Å². The maximum absolute atomic E-state index is 10.9. The minimum absolute atomic E-state index is 0.219. The van der Waals surface area contributed by atoms with Gasteiger partial charge in [-0.25, -0.2) is 14.8 Å². The lowest BCUT2D eigenvalue weighted by molar-refractivity contribution is 0.0696. The molecule has 23 heavy (non-hydrogen) atoms. The van der Waals surface area contributed by atoms with E-state index in [0.717, 1.165) is 37.1 Å². The smallest absolute Gasteiger partial charge is 0.337 e. The fourth-order valence-electron chi connectivity index (χ4n) is 2.52. The Labute approximate surface area is 139 Å². The van der Waals surface area contributed by atoms with E-state index in [9.17, 15) is 4.79 Å². The SMILES string of the molecule is CC(C)c1cnc(N2CCN(c3ccc(C(=O)O)cn3)CC2)s1. The van der Waals surface area contributed by atoms with Crippen molar-refractivity contribution in [2.75, 3.05) is 36.0 Å². The Morgan fingerprint density at radius 2 is 1.83 bits per heavy atom. The summed E-state index contributed by atoms with van der Waals surface area (Å²) in [6.07, 6.45) is 3.39. The van der Waals surface area contributed by atoms with Crippen molar-refractivity contribution in [3.8, 4) is 0 Å². The zero-order chi connectivity index (χ0) is 16.4. The summed E-state index contributed by atoms with van der Waals surface area (Å²) in [6.45, 7) is 7.87. The van der Waals surface area contributed by atoms with Gasteiger partial charge in [-0.3, -0.25) is 0 Å². The van der Waals surface area contributed by atoms with E-state index in [1.807, 2.05) is 6.20 Å². The number of aromatic carboxylic acids is 1. The molecule has 1 aliphatic heterocycles. The third kappa shape index (κ3) is 3.44. The summed E-state index contributed by atoms with van der Waals surface area (Å²) in [4.78, 5) is 25.5. The molecule has 0 spiro atoms. The zero-order valence-corrected chi connectivity index (χ0v) is 14.1. The van der Waals surface area contributed by atoms with Gasteiger partial charge in [0.25, 0.3) is 0 Å². The van der Waals surface area contributed by atoms with E-state index in [0.29, 0.717) is 5.92 Å². The van der Waals surface area contributed by atoms with Crippen LogP contribution in [-0.2, 0) is 0 Å². The summed E-state index contributed by atoms with van der Waals surface area (Å²) in [5, 5.41) is 10.0. The van der Waals surface area contributed by atoms with Crippen LogP contribution in [0.1, 0.15) is 35.0 Å². The molecule has 1 aliphatic rings. The summed E-state index contributed by atoms with van der Waals surface area (Å²) in [7, 11) is 0. The highest BCUT2D eigenvalue weighted by Crippen LogP contribution is 2.29. The quantitative estimate of drug-likeness (QED) is 0.928. The van der Waals surface area contributed by atoms with Crippen molar-refractivity contribution in [2.24, 2.45) is 0 Å². The second-order valence-electron chi connectivity index (χ2n) is 5.88. The number of thiazole rings is 1. The number of hydrogen-bond donors (Lipinski definition) is 1. The minimum atomic E-state index is -0.946. The molecule has 0 radical (unpaired) electrons. The number of rotatable bonds is 4. The Hall–Kier alpha value is -2.15. The Morgan fingerprint density at radius 3 is 2.35 bits per heavy atom. The van der Waals surface area contributed by atoms with Gasteiger partial charge < -0.3 is 14.9 Å². The first kappa shape index (κ1) is 15.7. The molecule has 0 bridgehead atoms. The number of piperazine rings is 1. The molecular weight excluding hydrogens is 312 g/mol. The number of pyridine rings is 1. The molecule has 7 heteroatoms. The van der Waals surface area contributed by atoms with E-state index in [2.05, 4.69) is 33.6 Å². The summed E-state index contributed by atoms with van der Waals surface area (Å²) in [6, 6.07) is 3.38. The van der Waals surface area contributed by atoms with Gasteiger partial charge in [0.2, 0.25) is 0 Å². The van der Waals surface area contributed by atoms with Crippen molar-refractivity contribution in [1.82, 2.24) is 9.97 Å². The Balaban J connectivity index is 1.62. The van der Waals surface area contributed by atoms with Crippen molar-refractivity contribution in [3.05, 3.63) is 35.0 Å². The third-order valence-corrected chi connectivity index (χ3v) is 5.31. The molecule has 0 saturated carbocycles. The highest BCUT2D eigenvalue weighted by Gasteiger charge is 2.21. The summed E-state index contributed by atoms with van der Waals surface area (Å²) in [5.41, 5.74) is 0.219. The van der Waals surface area contributed by atoms with Crippen molar-refractivity contribution in [2.45, 2.75) is 19.8 Å². The number of nitrogens with zero attached hydrogens (tertiary/aromatic N) is 4. The Morgan fingerprint density at radius 1 is 1.13 bits per heavy atom. The normalized spacial score (nSPS) is 15.3. The van der Waals surface area contributed by atoms with E-state index in [1.54, 1.807) is 23.5 Å². The van der Waals surface area contributed by atoms with Crippen molar-refractivity contribution >= 4 is 28.3 Å². The lowest BCUT2D eigenvalue weighted by Gasteiger charge is -2.35. The zero-order valence-electron chi connectivity index (χ0n) is 13.3. The summed E-state index contributed by atoms with van der Waals surface area (Å²) in [5.74, 6) is 0.398. The van der Waals surface area contributed by atoms with Crippen LogP contribution in [0.4, 0.5) is 10.9 Å². The maximum Gasteiger partial charge on any atom is 0.337 e. The topological polar surface area (TPSA) is 69.6 Å². The van der Waals surface area contributed by atoms with E-state index in [4.69, 9.17) is 5.11 Å². The molecule has 0 unspecified atom stereocenters. The number of carboxylic acids is 1. The van der Waals surface area contributed by atoms with Crippen molar-refractivity contribution < 1.29 is 9.90 Å². The van der Waals surface area contributed by atoms with Gasteiger partial charge in [-0.05, 0) is 18.1 Å². The van der Waals surface area contributed by atoms with Gasteiger partial charge in [0.05, 0.1) is 5.56 Å². The average Bonchev–Trinajstić information content (AvgIpc) is 3.05. The van der Waals surface area contributed by atoms with Crippen molar-refractivity contribution in [1.29, 1.82) is 0 Å². The van der Waals surface area contributed by atoms with Gasteiger partial charge in [0.1, 0.15) is 5.82 Å². The summed E-state index contributed by atoms with van der Waals surface area (Å²) < 4.78 is 0. The summed E-state index contributed by atoms with van der Waals surface area (Å²) >= 11 is 1.77. The molecule has 2 aromatic rings. The number of hydrogen-bond acceptors (Lipinski definition) is 6. The molecule has 3 heterocycles.